The highest BCUT2D eigenvalue weighted by Crippen LogP contribution is 2.37. The summed E-state index contributed by atoms with van der Waals surface area (Å²) in [6, 6.07) is 38.2. The number of nitrogens with zero attached hydrogens (tertiary/aromatic N) is 2. The first-order valence-electron chi connectivity index (χ1n) is 13.7. The molecule has 0 aliphatic rings. The second-order valence-corrected chi connectivity index (χ2v) is 10.5. The van der Waals surface area contributed by atoms with E-state index in [1.54, 1.807) is 55.6 Å². The Morgan fingerprint density at radius 2 is 0.884 bits per heavy atom. The van der Waals surface area contributed by atoms with Crippen molar-refractivity contribution >= 4 is 0 Å². The summed E-state index contributed by atoms with van der Waals surface area (Å²) in [5.41, 5.74) is 3.61. The molecule has 0 spiro atoms. The van der Waals surface area contributed by atoms with Crippen LogP contribution in [-0.4, -0.2) is 7.11 Å². The van der Waals surface area contributed by atoms with Gasteiger partial charge in [-0.2, -0.15) is 10.5 Å². The van der Waals surface area contributed by atoms with Gasteiger partial charge in [-0.1, -0.05) is 56.3 Å². The Balaban J connectivity index is 1.30. The summed E-state index contributed by atoms with van der Waals surface area (Å²) in [7, 11) is 1.60. The van der Waals surface area contributed by atoms with E-state index in [1.165, 1.54) is 0 Å². The third-order valence-electron chi connectivity index (χ3n) is 7.34. The fourth-order valence-electron chi connectivity index (χ4n) is 4.73. The van der Waals surface area contributed by atoms with Crippen LogP contribution in [0.15, 0.2) is 109 Å². The monoisotopic (exact) mass is 566 g/mol. The maximum atomic E-state index is 9.90. The summed E-state index contributed by atoms with van der Waals surface area (Å²) in [4.78, 5) is 0. The van der Waals surface area contributed by atoms with Crippen molar-refractivity contribution in [1.82, 2.24) is 0 Å². The summed E-state index contributed by atoms with van der Waals surface area (Å²) >= 11 is 0. The highest BCUT2D eigenvalue weighted by atomic mass is 16.5. The quantitative estimate of drug-likeness (QED) is 0.177. The average Bonchev–Trinajstić information content (AvgIpc) is 3.02. The van der Waals surface area contributed by atoms with Crippen molar-refractivity contribution in [3.8, 4) is 52.4 Å². The van der Waals surface area contributed by atoms with Gasteiger partial charge in [-0.25, -0.2) is 0 Å². The number of nitriles is 2. The lowest BCUT2D eigenvalue weighted by Crippen LogP contribution is -2.18. The molecule has 0 bridgehead atoms. The van der Waals surface area contributed by atoms with Crippen molar-refractivity contribution in [3.05, 3.63) is 137 Å². The molecule has 0 saturated carbocycles. The molecule has 5 aromatic carbocycles. The molecular weight excluding hydrogens is 536 g/mol. The molecule has 0 heterocycles. The number of hydrogen-bond acceptors (Lipinski definition) is 6. The van der Waals surface area contributed by atoms with Crippen LogP contribution in [0.2, 0.25) is 0 Å². The van der Waals surface area contributed by atoms with E-state index >= 15 is 0 Å². The van der Waals surface area contributed by atoms with Crippen LogP contribution >= 0.6 is 0 Å². The fraction of sp³-hybridized carbons (Fsp3) is 0.135. The minimum Gasteiger partial charge on any atom is -0.497 e. The Labute approximate surface area is 251 Å². The first-order valence-corrected chi connectivity index (χ1v) is 13.7. The predicted molar refractivity (Wildman–Crippen MR) is 165 cm³/mol. The van der Waals surface area contributed by atoms with E-state index in [1.807, 2.05) is 67.6 Å². The van der Waals surface area contributed by atoms with Crippen molar-refractivity contribution in [1.29, 1.82) is 10.5 Å². The van der Waals surface area contributed by atoms with Gasteiger partial charge in [0, 0.05) is 5.41 Å². The highest BCUT2D eigenvalue weighted by Gasteiger charge is 2.23. The Morgan fingerprint density at radius 3 is 1.30 bits per heavy atom. The minimum absolute atomic E-state index is 0.303. The number of rotatable bonds is 9. The first-order chi connectivity index (χ1) is 20.8. The van der Waals surface area contributed by atoms with Crippen molar-refractivity contribution in [2.45, 2.75) is 26.2 Å². The van der Waals surface area contributed by atoms with E-state index in [0.717, 1.165) is 22.4 Å². The van der Waals surface area contributed by atoms with Crippen molar-refractivity contribution in [2.75, 3.05) is 7.11 Å². The molecule has 6 heteroatoms. The maximum Gasteiger partial charge on any atom is 0.149 e. The molecular formula is C37H30N2O4. The molecule has 0 unspecified atom stereocenters. The molecule has 212 valence electrons. The van der Waals surface area contributed by atoms with Gasteiger partial charge in [0.25, 0.3) is 0 Å². The standard InChI is InChI=1S/C37H30N2O4/c1-25-7-5-8-34(32(25)23-38)41-29-15-11-26(12-16-29)37(2,3)27-13-17-30(18-14-27)42-35-9-6-10-36(33(35)24-39)43-31-21-19-28(40-4)20-22-31/h5-22H,1-4H3. The SMILES string of the molecule is COc1ccc(Oc2cccc(Oc3ccc(C(C)(C)c4ccc(Oc5cccc(C)c5C#N)cc4)cc3)c2C#N)cc1. The second-order valence-electron chi connectivity index (χ2n) is 10.5. The number of benzene rings is 5. The summed E-state index contributed by atoms with van der Waals surface area (Å²) in [6.45, 7) is 6.20. The van der Waals surface area contributed by atoms with Crippen LogP contribution in [0.1, 0.15) is 41.7 Å². The lowest BCUT2D eigenvalue weighted by atomic mass is 9.78. The molecule has 0 N–H and O–H groups in total. The van der Waals surface area contributed by atoms with Crippen molar-refractivity contribution in [2.24, 2.45) is 0 Å². The van der Waals surface area contributed by atoms with E-state index < -0.39 is 0 Å². The second kappa shape index (κ2) is 12.4. The molecule has 5 aromatic rings. The largest absolute Gasteiger partial charge is 0.497 e. The highest BCUT2D eigenvalue weighted by molar-refractivity contribution is 5.56. The molecule has 0 aromatic heterocycles. The molecule has 43 heavy (non-hydrogen) atoms. The van der Waals surface area contributed by atoms with Gasteiger partial charge in [-0.3, -0.25) is 0 Å². The third kappa shape index (κ3) is 6.30. The van der Waals surface area contributed by atoms with E-state index in [4.69, 9.17) is 18.9 Å². The van der Waals surface area contributed by atoms with Gasteiger partial charge in [-0.05, 0) is 90.3 Å². The molecule has 0 amide bonds. The lowest BCUT2D eigenvalue weighted by Gasteiger charge is -2.26. The van der Waals surface area contributed by atoms with Crippen LogP contribution < -0.4 is 18.9 Å². The van der Waals surface area contributed by atoms with Crippen LogP contribution in [0.5, 0.6) is 40.2 Å². The van der Waals surface area contributed by atoms with Gasteiger partial charge in [-0.15, -0.1) is 0 Å². The average molecular weight is 567 g/mol. The normalized spacial score (nSPS) is 10.7. The van der Waals surface area contributed by atoms with E-state index in [9.17, 15) is 10.5 Å². The molecule has 5 rings (SSSR count). The molecule has 6 nitrogen and oxygen atoms in total. The van der Waals surface area contributed by atoms with Gasteiger partial charge in [0.05, 0.1) is 12.7 Å². The Morgan fingerprint density at radius 1 is 0.512 bits per heavy atom. The zero-order chi connectivity index (χ0) is 30.4. The fourth-order valence-corrected chi connectivity index (χ4v) is 4.73. The zero-order valence-corrected chi connectivity index (χ0v) is 24.4. The van der Waals surface area contributed by atoms with E-state index in [2.05, 4.69) is 26.0 Å². The van der Waals surface area contributed by atoms with Crippen LogP contribution in [0, 0.1) is 29.6 Å². The molecule has 0 aliphatic carbocycles. The topological polar surface area (TPSA) is 84.5 Å². The Kier molecular flexibility index (Phi) is 8.32. The lowest BCUT2D eigenvalue weighted by molar-refractivity contribution is 0.412. The molecule has 0 atom stereocenters. The number of hydrogen-bond donors (Lipinski definition) is 0. The van der Waals surface area contributed by atoms with E-state index in [-0.39, 0.29) is 5.41 Å². The zero-order valence-electron chi connectivity index (χ0n) is 24.4. The Hall–Kier alpha value is -5.72. The van der Waals surface area contributed by atoms with Crippen molar-refractivity contribution < 1.29 is 18.9 Å². The van der Waals surface area contributed by atoms with Crippen LogP contribution in [0.4, 0.5) is 0 Å². The maximum absolute atomic E-state index is 9.90. The molecule has 0 radical (unpaired) electrons. The summed E-state index contributed by atoms with van der Waals surface area (Å²) in [5.74, 6) is 3.93. The minimum atomic E-state index is -0.303. The van der Waals surface area contributed by atoms with Gasteiger partial charge < -0.3 is 18.9 Å². The molecule has 0 saturated heterocycles. The van der Waals surface area contributed by atoms with Gasteiger partial charge in [0.2, 0.25) is 0 Å². The first kappa shape index (κ1) is 28.8. The third-order valence-corrected chi connectivity index (χ3v) is 7.34. The molecule has 0 aliphatic heterocycles. The van der Waals surface area contributed by atoms with Crippen molar-refractivity contribution in [3.63, 3.8) is 0 Å². The number of ether oxygens (including phenoxy) is 4. The number of aryl methyl sites for hydroxylation is 1. The predicted octanol–water partition coefficient (Wildman–Crippen LogP) is 9.45. The van der Waals surface area contributed by atoms with Gasteiger partial charge >= 0.3 is 0 Å². The van der Waals surface area contributed by atoms with Gasteiger partial charge in [0.1, 0.15) is 57.9 Å². The summed E-state index contributed by atoms with van der Waals surface area (Å²) in [6.07, 6.45) is 0. The summed E-state index contributed by atoms with van der Waals surface area (Å²) in [5, 5.41) is 19.4. The van der Waals surface area contributed by atoms with Crippen LogP contribution in [0.25, 0.3) is 0 Å². The Bertz CT molecular complexity index is 1810. The van der Waals surface area contributed by atoms with Crippen LogP contribution in [-0.2, 0) is 5.41 Å². The summed E-state index contributed by atoms with van der Waals surface area (Å²) < 4.78 is 23.3. The molecule has 0 fully saturated rings. The smallest absolute Gasteiger partial charge is 0.149 e. The number of methoxy groups -OCH3 is 1. The van der Waals surface area contributed by atoms with E-state index in [0.29, 0.717) is 45.6 Å². The van der Waals surface area contributed by atoms with Crippen LogP contribution in [0.3, 0.4) is 0 Å². The van der Waals surface area contributed by atoms with Gasteiger partial charge in [0.15, 0.2) is 0 Å².